The first-order valence-electron chi connectivity index (χ1n) is 8.12. The summed E-state index contributed by atoms with van der Waals surface area (Å²) in [6.45, 7) is 5.09. The maximum Gasteiger partial charge on any atom is 0.251 e. The smallest absolute Gasteiger partial charge is 0.251 e. The number of amides is 1. The fourth-order valence-electron chi connectivity index (χ4n) is 2.76. The second-order valence-electron chi connectivity index (χ2n) is 5.89. The van der Waals surface area contributed by atoms with E-state index in [1.54, 1.807) is 12.1 Å². The number of hydrogen-bond acceptors (Lipinski definition) is 3. The molecule has 1 aliphatic heterocycles. The normalized spacial score (nSPS) is 15.8. The number of carbonyl (C=O) groups is 1. The molecule has 0 aliphatic carbocycles. The first-order chi connectivity index (χ1) is 11.6. The van der Waals surface area contributed by atoms with Crippen molar-refractivity contribution in [2.75, 3.05) is 31.2 Å². The Balaban J connectivity index is 1.63. The van der Waals surface area contributed by atoms with Crippen molar-refractivity contribution in [2.24, 2.45) is 0 Å². The van der Waals surface area contributed by atoms with Gasteiger partial charge < -0.3 is 15.0 Å². The van der Waals surface area contributed by atoms with Crippen LogP contribution >= 0.6 is 0 Å². The summed E-state index contributed by atoms with van der Waals surface area (Å²) in [6, 6.07) is 13.6. The zero-order valence-electron chi connectivity index (χ0n) is 13.7. The number of halogens is 1. The van der Waals surface area contributed by atoms with Crippen molar-refractivity contribution >= 4 is 11.6 Å². The Kier molecular flexibility index (Phi) is 5.11. The lowest BCUT2D eigenvalue weighted by Crippen LogP contribution is -2.36. The standard InChI is InChI=1S/C19H21FN2O2/c1-14(15-2-6-17(20)7-3-15)21-19(23)16-4-8-18(9-5-16)22-10-12-24-13-11-22/h2-9,14H,10-13H2,1H3,(H,21,23). The molecule has 5 heteroatoms. The monoisotopic (exact) mass is 328 g/mol. The molecule has 0 saturated carbocycles. The van der Waals surface area contributed by atoms with E-state index in [1.165, 1.54) is 12.1 Å². The molecule has 0 spiro atoms. The van der Waals surface area contributed by atoms with E-state index in [0.717, 1.165) is 37.6 Å². The molecule has 1 atom stereocenters. The maximum atomic E-state index is 13.0. The van der Waals surface area contributed by atoms with Gasteiger partial charge in [0.2, 0.25) is 0 Å². The van der Waals surface area contributed by atoms with E-state index in [1.807, 2.05) is 31.2 Å². The first kappa shape index (κ1) is 16.5. The number of nitrogens with zero attached hydrogens (tertiary/aromatic N) is 1. The van der Waals surface area contributed by atoms with Gasteiger partial charge in [0, 0.05) is 24.3 Å². The van der Waals surface area contributed by atoms with Crippen LogP contribution in [0.5, 0.6) is 0 Å². The highest BCUT2D eigenvalue weighted by molar-refractivity contribution is 5.94. The van der Waals surface area contributed by atoms with Gasteiger partial charge in [-0.15, -0.1) is 0 Å². The van der Waals surface area contributed by atoms with Crippen molar-refractivity contribution in [3.05, 3.63) is 65.5 Å². The number of hydrogen-bond donors (Lipinski definition) is 1. The number of morpholine rings is 1. The van der Waals surface area contributed by atoms with Gasteiger partial charge in [0.05, 0.1) is 19.3 Å². The third-order valence-corrected chi connectivity index (χ3v) is 4.22. The Morgan fingerprint density at radius 2 is 1.71 bits per heavy atom. The van der Waals surface area contributed by atoms with Gasteiger partial charge in [0.15, 0.2) is 0 Å². The number of carbonyl (C=O) groups excluding carboxylic acids is 1. The van der Waals surface area contributed by atoms with Crippen LogP contribution in [0.3, 0.4) is 0 Å². The van der Waals surface area contributed by atoms with E-state index < -0.39 is 0 Å². The summed E-state index contributed by atoms with van der Waals surface area (Å²) < 4.78 is 18.3. The Morgan fingerprint density at radius 1 is 1.08 bits per heavy atom. The van der Waals surface area contributed by atoms with E-state index in [9.17, 15) is 9.18 Å². The van der Waals surface area contributed by atoms with Crippen LogP contribution in [0.4, 0.5) is 10.1 Å². The molecule has 3 rings (SSSR count). The lowest BCUT2D eigenvalue weighted by atomic mass is 10.1. The second-order valence-corrected chi connectivity index (χ2v) is 5.89. The average Bonchev–Trinajstić information content (AvgIpc) is 2.63. The van der Waals surface area contributed by atoms with E-state index >= 15 is 0 Å². The quantitative estimate of drug-likeness (QED) is 0.937. The molecule has 126 valence electrons. The van der Waals surface area contributed by atoms with Gasteiger partial charge in [0.1, 0.15) is 5.82 Å². The van der Waals surface area contributed by atoms with E-state index in [2.05, 4.69) is 10.2 Å². The highest BCUT2D eigenvalue weighted by Gasteiger charge is 2.14. The highest BCUT2D eigenvalue weighted by Crippen LogP contribution is 2.18. The molecule has 0 bridgehead atoms. The Morgan fingerprint density at radius 3 is 2.33 bits per heavy atom. The minimum atomic E-state index is -0.282. The molecule has 24 heavy (non-hydrogen) atoms. The van der Waals surface area contributed by atoms with Gasteiger partial charge >= 0.3 is 0 Å². The van der Waals surface area contributed by atoms with Gasteiger partial charge in [-0.05, 0) is 48.9 Å². The Labute approximate surface area is 141 Å². The molecule has 4 nitrogen and oxygen atoms in total. The number of rotatable bonds is 4. The van der Waals surface area contributed by atoms with Crippen molar-refractivity contribution in [3.63, 3.8) is 0 Å². The van der Waals surface area contributed by atoms with Gasteiger partial charge in [-0.1, -0.05) is 12.1 Å². The van der Waals surface area contributed by atoms with E-state index in [-0.39, 0.29) is 17.8 Å². The molecule has 1 saturated heterocycles. The molecule has 2 aromatic rings. The molecule has 1 aliphatic rings. The zero-order chi connectivity index (χ0) is 16.9. The minimum absolute atomic E-state index is 0.139. The van der Waals surface area contributed by atoms with Crippen LogP contribution in [0.2, 0.25) is 0 Å². The number of ether oxygens (including phenoxy) is 1. The topological polar surface area (TPSA) is 41.6 Å². The van der Waals surface area contributed by atoms with Crippen LogP contribution in [0.25, 0.3) is 0 Å². The summed E-state index contributed by atoms with van der Waals surface area (Å²) in [5, 5.41) is 2.94. The summed E-state index contributed by atoms with van der Waals surface area (Å²) in [5.41, 5.74) is 2.58. The molecule has 0 radical (unpaired) electrons. The van der Waals surface area contributed by atoms with Crippen molar-refractivity contribution in [2.45, 2.75) is 13.0 Å². The van der Waals surface area contributed by atoms with Gasteiger partial charge in [-0.3, -0.25) is 4.79 Å². The highest BCUT2D eigenvalue weighted by atomic mass is 19.1. The number of anilines is 1. The van der Waals surface area contributed by atoms with Crippen LogP contribution in [0.15, 0.2) is 48.5 Å². The SMILES string of the molecule is CC(NC(=O)c1ccc(N2CCOCC2)cc1)c1ccc(F)cc1. The molecule has 2 aromatic carbocycles. The summed E-state index contributed by atoms with van der Waals surface area (Å²) in [5.74, 6) is -0.420. The van der Waals surface area contributed by atoms with E-state index in [0.29, 0.717) is 5.56 Å². The van der Waals surface area contributed by atoms with Gasteiger partial charge in [-0.25, -0.2) is 4.39 Å². The summed E-state index contributed by atoms with van der Waals surface area (Å²) in [7, 11) is 0. The molecule has 0 aromatic heterocycles. The van der Waals surface area contributed by atoms with Crippen LogP contribution in [-0.2, 0) is 4.74 Å². The summed E-state index contributed by atoms with van der Waals surface area (Å²) >= 11 is 0. The van der Waals surface area contributed by atoms with Crippen LogP contribution in [0.1, 0.15) is 28.9 Å². The predicted molar refractivity (Wildman–Crippen MR) is 91.8 cm³/mol. The van der Waals surface area contributed by atoms with Crippen molar-refractivity contribution < 1.29 is 13.9 Å². The van der Waals surface area contributed by atoms with Gasteiger partial charge in [0.25, 0.3) is 5.91 Å². The molecular weight excluding hydrogens is 307 g/mol. The lowest BCUT2D eigenvalue weighted by Gasteiger charge is -2.28. The average molecular weight is 328 g/mol. The number of nitrogens with one attached hydrogen (secondary N) is 1. The van der Waals surface area contributed by atoms with Crippen molar-refractivity contribution in [3.8, 4) is 0 Å². The third-order valence-electron chi connectivity index (χ3n) is 4.22. The molecular formula is C19H21FN2O2. The molecule has 1 amide bonds. The Bertz CT molecular complexity index is 680. The van der Waals surface area contributed by atoms with Crippen LogP contribution in [0, 0.1) is 5.82 Å². The van der Waals surface area contributed by atoms with Crippen molar-refractivity contribution in [1.29, 1.82) is 0 Å². The Hall–Kier alpha value is -2.40. The fourth-order valence-corrected chi connectivity index (χ4v) is 2.76. The van der Waals surface area contributed by atoms with Gasteiger partial charge in [-0.2, -0.15) is 0 Å². The fraction of sp³-hybridized carbons (Fsp3) is 0.316. The maximum absolute atomic E-state index is 13.0. The lowest BCUT2D eigenvalue weighted by molar-refractivity contribution is 0.0940. The van der Waals surface area contributed by atoms with Crippen LogP contribution in [-0.4, -0.2) is 32.2 Å². The molecule has 1 heterocycles. The van der Waals surface area contributed by atoms with Crippen LogP contribution < -0.4 is 10.2 Å². The summed E-state index contributed by atoms with van der Waals surface area (Å²) in [4.78, 5) is 14.6. The minimum Gasteiger partial charge on any atom is -0.378 e. The predicted octanol–water partition coefficient (Wildman–Crippen LogP) is 3.15. The van der Waals surface area contributed by atoms with Crippen molar-refractivity contribution in [1.82, 2.24) is 5.32 Å². The molecule has 1 unspecified atom stereocenters. The molecule has 1 fully saturated rings. The molecule has 1 N–H and O–H groups in total. The third kappa shape index (κ3) is 3.92. The first-order valence-corrected chi connectivity index (χ1v) is 8.12. The zero-order valence-corrected chi connectivity index (χ0v) is 13.7. The second kappa shape index (κ2) is 7.45. The van der Waals surface area contributed by atoms with E-state index in [4.69, 9.17) is 4.74 Å². The number of benzene rings is 2. The largest absolute Gasteiger partial charge is 0.378 e. The summed E-state index contributed by atoms with van der Waals surface area (Å²) in [6.07, 6.45) is 0.